The first-order valence-electron chi connectivity index (χ1n) is 32.4. The van der Waals surface area contributed by atoms with Crippen LogP contribution in [0.4, 0.5) is 79.6 Å². The minimum absolute atomic E-state index is 0.0194. The van der Waals surface area contributed by atoms with Crippen molar-refractivity contribution in [2.45, 2.75) is 82.1 Å². The summed E-state index contributed by atoms with van der Waals surface area (Å²) in [4.78, 5) is 8.86. The molecule has 0 bridgehead atoms. The largest absolute Gasteiger partial charge is 0.340 e. The second-order valence-corrected chi connectivity index (χ2v) is 44.4. The maximum atomic E-state index is 15.0. The Bertz CT molecular complexity index is 5650. The molecular formula is C78H61N5O10S5Si2. The summed E-state index contributed by atoms with van der Waals surface area (Å²) in [6.07, 6.45) is 0. The molecule has 496 valence electrons. The zero-order valence-corrected chi connectivity index (χ0v) is 60.6. The highest BCUT2D eigenvalue weighted by molar-refractivity contribution is 7.97. The molecule has 0 fully saturated rings. The fraction of sp³-hybridized carbons (Fsp3) is 0.0769. The SMILES string of the molecule is CCN1c2ccc(N3c4ccccc4[Si](C)(C)c4ccccc43)cc2S(=O)(=O)c2cc(N3c4ccccc4[Si](C)(C)c4ccccc43)ccc21.O=S1(=O)c2ccccc2N(c2ccc3c(c2)S(=O)(=O)c2cc(N4c5ccccc5S(=O)(=O)c5ccccc54)ccc2S3(=O)=O)c2ccccc21. The average molecular weight is 1440 g/mol. The number of hydrogen-bond acceptors (Lipinski definition) is 15. The van der Waals surface area contributed by atoms with E-state index in [-0.39, 0.29) is 53.7 Å². The Kier molecular flexibility index (Phi) is 14.0. The van der Waals surface area contributed by atoms with Gasteiger partial charge in [-0.2, -0.15) is 0 Å². The molecular weight excluding hydrogens is 1380 g/mol. The predicted molar refractivity (Wildman–Crippen MR) is 398 cm³/mol. The molecule has 0 amide bonds. The standard InChI is InChI=1S/C42H39N3O2SSi2.C36H22N2O8S4/c1-6-43-31-25-23-29(44-33-15-7-11-19-39(33)49(2,3)40-20-12-8-16-34(40)44)27-37(31)48(46,47)38-28-30(24-26-32(38)43)45-35-17-9-13-21-41(35)50(4,5)42-22-14-10-18-36(42)45;39-47(40)29-13-5-1-9-25(29)37(26-10-2-6-14-30(26)47)23-17-19-33-35(21-23)50(45,46)36-22-24(18-20-34(36)49(33,43)44)38-27-11-3-7-15-31(27)48(41,42)32-16-8-4-12-28(32)38/h7-28H,6H2,1-5H3;1-22H. The first-order valence-corrected chi connectivity index (χ1v) is 45.8. The van der Waals surface area contributed by atoms with Gasteiger partial charge in [-0.1, -0.05) is 148 Å². The Hall–Kier alpha value is -10.2. The summed E-state index contributed by atoms with van der Waals surface area (Å²) in [5.74, 6) is 0. The molecule has 0 unspecified atom stereocenters. The van der Waals surface area contributed by atoms with Crippen LogP contribution in [0.2, 0.25) is 26.2 Å². The number of benzene rings is 12. The van der Waals surface area contributed by atoms with Crippen LogP contribution in [0, 0.1) is 0 Å². The lowest BCUT2D eigenvalue weighted by molar-refractivity contribution is 0.570. The Labute approximate surface area is 583 Å². The van der Waals surface area contributed by atoms with Crippen LogP contribution in [-0.4, -0.2) is 64.8 Å². The van der Waals surface area contributed by atoms with Crippen LogP contribution in [0.5, 0.6) is 0 Å². The molecule has 100 heavy (non-hydrogen) atoms. The van der Waals surface area contributed by atoms with E-state index in [9.17, 15) is 42.1 Å². The first-order chi connectivity index (χ1) is 47.9. The predicted octanol–water partition coefficient (Wildman–Crippen LogP) is 15.1. The summed E-state index contributed by atoms with van der Waals surface area (Å²) >= 11 is 0. The highest BCUT2D eigenvalue weighted by Crippen LogP contribution is 2.55. The number of hydrogen-bond donors (Lipinski definition) is 0. The van der Waals surface area contributed by atoms with Crippen molar-refractivity contribution in [3.63, 3.8) is 0 Å². The van der Waals surface area contributed by atoms with Gasteiger partial charge in [0.15, 0.2) is 0 Å². The molecule has 0 spiro atoms. The van der Waals surface area contributed by atoms with Crippen LogP contribution >= 0.6 is 0 Å². The third-order valence-corrected chi connectivity index (χ3v) is 36.8. The smallest absolute Gasteiger partial charge is 0.210 e. The van der Waals surface area contributed by atoms with Gasteiger partial charge in [0, 0.05) is 52.0 Å². The molecule has 0 aliphatic carbocycles. The number of anilines is 14. The van der Waals surface area contributed by atoms with Gasteiger partial charge >= 0.3 is 0 Å². The van der Waals surface area contributed by atoms with E-state index in [1.807, 2.05) is 24.3 Å². The van der Waals surface area contributed by atoms with Crippen LogP contribution in [0.25, 0.3) is 0 Å². The van der Waals surface area contributed by atoms with E-state index >= 15 is 0 Å². The number of fused-ring (bicyclic) bond motifs is 12. The van der Waals surface area contributed by atoms with Crippen molar-refractivity contribution < 1.29 is 42.1 Å². The zero-order valence-electron chi connectivity index (χ0n) is 54.5. The monoisotopic (exact) mass is 1440 g/mol. The highest BCUT2D eigenvalue weighted by atomic mass is 32.2. The lowest BCUT2D eigenvalue weighted by Crippen LogP contribution is -2.58. The fourth-order valence-electron chi connectivity index (χ4n) is 15.5. The summed E-state index contributed by atoms with van der Waals surface area (Å²) in [5, 5.41) is 5.38. The Morgan fingerprint density at radius 3 is 0.750 bits per heavy atom. The molecule has 0 saturated carbocycles. The van der Waals surface area contributed by atoms with E-state index in [4.69, 9.17) is 0 Å². The van der Waals surface area contributed by atoms with Gasteiger partial charge in [-0.25, -0.2) is 42.1 Å². The average Bonchev–Trinajstić information content (AvgIpc) is 0.720. The van der Waals surface area contributed by atoms with E-state index in [0.29, 0.717) is 27.7 Å². The van der Waals surface area contributed by atoms with E-state index in [0.717, 1.165) is 34.1 Å². The lowest BCUT2D eigenvalue weighted by atomic mass is 10.1. The normalized spacial score (nSPS) is 17.6. The number of sulfone groups is 5. The molecule has 18 rings (SSSR count). The molecule has 0 saturated heterocycles. The topological polar surface area (TPSA) is 187 Å². The van der Waals surface area contributed by atoms with Gasteiger partial charge in [0.2, 0.25) is 49.2 Å². The van der Waals surface area contributed by atoms with Gasteiger partial charge in [0.1, 0.15) is 16.1 Å². The Morgan fingerprint density at radius 2 is 0.450 bits per heavy atom. The van der Waals surface area contributed by atoms with Crippen LogP contribution < -0.4 is 45.2 Å². The van der Waals surface area contributed by atoms with Crippen LogP contribution in [-0.2, 0) is 49.2 Å². The number of para-hydroxylation sites is 8. The van der Waals surface area contributed by atoms with Crippen molar-refractivity contribution in [1.29, 1.82) is 0 Å². The molecule has 0 aromatic heterocycles. The molecule has 6 heterocycles. The minimum atomic E-state index is -4.52. The van der Waals surface area contributed by atoms with Crippen molar-refractivity contribution in [3.05, 3.63) is 267 Å². The molecule has 12 aromatic carbocycles. The fourth-order valence-corrected chi connectivity index (χ4v) is 30.6. The van der Waals surface area contributed by atoms with Crippen molar-refractivity contribution >= 4 is 166 Å². The summed E-state index contributed by atoms with van der Waals surface area (Å²) < 4.78 is 141. The molecule has 22 heteroatoms. The maximum Gasteiger partial charge on any atom is 0.210 e. The quantitative estimate of drug-likeness (QED) is 0.148. The van der Waals surface area contributed by atoms with E-state index < -0.39 is 84.9 Å². The first kappa shape index (κ1) is 63.3. The molecule has 6 aliphatic rings. The highest BCUT2D eigenvalue weighted by Gasteiger charge is 2.46. The number of rotatable bonds is 5. The van der Waals surface area contributed by atoms with Gasteiger partial charge in [-0.15, -0.1) is 0 Å². The van der Waals surface area contributed by atoms with Crippen molar-refractivity contribution in [3.8, 4) is 0 Å². The van der Waals surface area contributed by atoms with Gasteiger partial charge in [-0.05, 0) is 173 Å². The summed E-state index contributed by atoms with van der Waals surface area (Å²) in [6, 6.07) is 79.6. The third-order valence-electron chi connectivity index (χ3n) is 20.3. The van der Waals surface area contributed by atoms with Crippen molar-refractivity contribution in [2.75, 3.05) is 31.0 Å². The van der Waals surface area contributed by atoms with Crippen LogP contribution in [0.1, 0.15) is 6.92 Å². The van der Waals surface area contributed by atoms with Crippen LogP contribution in [0.15, 0.2) is 316 Å². The second-order valence-electron chi connectivity index (χ2n) is 26.4. The van der Waals surface area contributed by atoms with Gasteiger partial charge in [-0.3, -0.25) is 0 Å². The molecule has 0 atom stereocenters. The lowest BCUT2D eigenvalue weighted by Gasteiger charge is -2.42. The molecule has 12 aromatic rings. The van der Waals surface area contributed by atoms with Crippen molar-refractivity contribution in [1.82, 2.24) is 0 Å². The summed E-state index contributed by atoms with van der Waals surface area (Å²) in [6.45, 7) is 12.3. The second kappa shape index (κ2) is 22.2. The van der Waals surface area contributed by atoms with Gasteiger partial charge < -0.3 is 24.5 Å². The Morgan fingerprint density at radius 1 is 0.230 bits per heavy atom. The molecule has 6 aliphatic heterocycles. The minimum Gasteiger partial charge on any atom is -0.340 e. The van der Waals surface area contributed by atoms with Crippen LogP contribution in [0.3, 0.4) is 0 Å². The Balaban J connectivity index is 0.000000150. The van der Waals surface area contributed by atoms with E-state index in [1.165, 1.54) is 81.4 Å². The van der Waals surface area contributed by atoms with E-state index in [2.05, 4.69) is 157 Å². The summed E-state index contributed by atoms with van der Waals surface area (Å²) in [5.41, 5.74) is 9.21. The summed E-state index contributed by atoms with van der Waals surface area (Å²) in [7, 11) is -24.5. The molecule has 0 radical (unpaired) electrons. The zero-order chi connectivity index (χ0) is 69.4. The van der Waals surface area contributed by atoms with Gasteiger partial charge in [0.25, 0.3) is 0 Å². The molecule has 0 N–H and O–H groups in total. The molecule has 15 nitrogen and oxygen atoms in total. The van der Waals surface area contributed by atoms with Crippen molar-refractivity contribution in [2.24, 2.45) is 0 Å². The third kappa shape index (κ3) is 8.96. The number of nitrogens with zero attached hydrogens (tertiary/aromatic N) is 5. The van der Waals surface area contributed by atoms with Gasteiger partial charge in [0.05, 0.1) is 83.1 Å². The van der Waals surface area contributed by atoms with E-state index in [1.54, 1.807) is 82.6 Å². The maximum absolute atomic E-state index is 15.0.